The van der Waals surface area contributed by atoms with Crippen molar-refractivity contribution in [3.8, 4) is 5.75 Å². The molecule has 0 saturated heterocycles. The van der Waals surface area contributed by atoms with E-state index in [2.05, 4.69) is 5.32 Å². The van der Waals surface area contributed by atoms with Crippen LogP contribution in [-0.4, -0.2) is 18.8 Å². The molecule has 0 radical (unpaired) electrons. The van der Waals surface area contributed by atoms with E-state index in [0.29, 0.717) is 27.2 Å². The van der Waals surface area contributed by atoms with Crippen LogP contribution in [0.15, 0.2) is 41.3 Å². The number of carbonyl (C=O) groups is 1. The van der Waals surface area contributed by atoms with Gasteiger partial charge in [-0.1, -0.05) is 23.2 Å². The summed E-state index contributed by atoms with van der Waals surface area (Å²) in [4.78, 5) is 13.1. The Morgan fingerprint density at radius 1 is 1.23 bits per heavy atom. The molecule has 22 heavy (non-hydrogen) atoms. The summed E-state index contributed by atoms with van der Waals surface area (Å²) < 4.78 is 5.24. The molecule has 3 nitrogen and oxygen atoms in total. The summed E-state index contributed by atoms with van der Waals surface area (Å²) in [7, 11) is 1.54. The third-order valence-electron chi connectivity index (χ3n) is 2.94. The minimum Gasteiger partial charge on any atom is -0.495 e. The molecule has 0 unspecified atom stereocenters. The molecule has 0 atom stereocenters. The lowest BCUT2D eigenvalue weighted by Gasteiger charge is -2.12. The fourth-order valence-electron chi connectivity index (χ4n) is 1.80. The standard InChI is InChI=1S/C16H15Cl2NO2S/c1-10-7-14(15(21-2)8-13(10)18)19-16(20)9-22-12-5-3-11(17)4-6-12/h3-8H,9H2,1-2H3,(H,19,20). The van der Waals surface area contributed by atoms with Crippen molar-refractivity contribution in [3.63, 3.8) is 0 Å². The van der Waals surface area contributed by atoms with Crippen LogP contribution in [0.25, 0.3) is 0 Å². The Morgan fingerprint density at radius 3 is 2.55 bits per heavy atom. The van der Waals surface area contributed by atoms with Crippen LogP contribution in [0, 0.1) is 6.92 Å². The topological polar surface area (TPSA) is 38.3 Å². The monoisotopic (exact) mass is 355 g/mol. The Kier molecular flexibility index (Phi) is 6.00. The average molecular weight is 356 g/mol. The highest BCUT2D eigenvalue weighted by molar-refractivity contribution is 8.00. The van der Waals surface area contributed by atoms with Crippen LogP contribution in [-0.2, 0) is 4.79 Å². The Labute approximate surface area is 144 Å². The van der Waals surface area contributed by atoms with Gasteiger partial charge in [-0.05, 0) is 42.8 Å². The number of halogens is 2. The molecule has 0 aliphatic heterocycles. The predicted octanol–water partition coefficient (Wildman–Crippen LogP) is 5.04. The van der Waals surface area contributed by atoms with Crippen molar-refractivity contribution >= 4 is 46.6 Å². The fourth-order valence-corrected chi connectivity index (χ4v) is 2.77. The minimum absolute atomic E-state index is 0.111. The van der Waals surface area contributed by atoms with Gasteiger partial charge in [0, 0.05) is 21.0 Å². The van der Waals surface area contributed by atoms with Crippen LogP contribution in [0.4, 0.5) is 5.69 Å². The van der Waals surface area contributed by atoms with Gasteiger partial charge in [0.1, 0.15) is 5.75 Å². The lowest BCUT2D eigenvalue weighted by molar-refractivity contribution is -0.113. The number of ether oxygens (including phenoxy) is 1. The van der Waals surface area contributed by atoms with Crippen molar-refractivity contribution < 1.29 is 9.53 Å². The molecule has 2 aromatic carbocycles. The van der Waals surface area contributed by atoms with Crippen LogP contribution in [0.2, 0.25) is 10.0 Å². The summed E-state index contributed by atoms with van der Waals surface area (Å²) in [6.07, 6.45) is 0. The Morgan fingerprint density at radius 2 is 1.91 bits per heavy atom. The number of amides is 1. The summed E-state index contributed by atoms with van der Waals surface area (Å²) in [5.41, 5.74) is 1.49. The molecule has 0 aliphatic rings. The zero-order valence-electron chi connectivity index (χ0n) is 12.2. The molecule has 6 heteroatoms. The first-order valence-electron chi connectivity index (χ1n) is 6.52. The van der Waals surface area contributed by atoms with Gasteiger partial charge in [0.2, 0.25) is 5.91 Å². The molecule has 0 saturated carbocycles. The van der Waals surface area contributed by atoms with Crippen molar-refractivity contribution in [2.75, 3.05) is 18.2 Å². The summed E-state index contributed by atoms with van der Waals surface area (Å²) in [6, 6.07) is 10.9. The molecule has 0 aromatic heterocycles. The molecule has 0 aliphatic carbocycles. The lowest BCUT2D eigenvalue weighted by atomic mass is 10.2. The van der Waals surface area contributed by atoms with Crippen molar-refractivity contribution in [3.05, 3.63) is 52.0 Å². The maximum atomic E-state index is 12.1. The third kappa shape index (κ3) is 4.57. The molecule has 2 rings (SSSR count). The van der Waals surface area contributed by atoms with Gasteiger partial charge in [-0.2, -0.15) is 0 Å². The first-order valence-corrected chi connectivity index (χ1v) is 8.26. The van der Waals surface area contributed by atoms with E-state index in [-0.39, 0.29) is 5.91 Å². The lowest BCUT2D eigenvalue weighted by Crippen LogP contribution is -2.14. The first-order chi connectivity index (χ1) is 10.5. The van der Waals surface area contributed by atoms with Crippen molar-refractivity contribution in [1.82, 2.24) is 0 Å². The van der Waals surface area contributed by atoms with Gasteiger partial charge in [0.15, 0.2) is 0 Å². The quantitative estimate of drug-likeness (QED) is 0.763. The van der Waals surface area contributed by atoms with Gasteiger partial charge in [-0.15, -0.1) is 11.8 Å². The Balaban J connectivity index is 2.00. The second-order valence-electron chi connectivity index (χ2n) is 4.59. The van der Waals surface area contributed by atoms with Crippen LogP contribution >= 0.6 is 35.0 Å². The second kappa shape index (κ2) is 7.77. The van der Waals surface area contributed by atoms with Gasteiger partial charge < -0.3 is 10.1 Å². The number of aryl methyl sites for hydroxylation is 1. The normalized spacial score (nSPS) is 10.4. The SMILES string of the molecule is COc1cc(Cl)c(C)cc1NC(=O)CSc1ccc(Cl)cc1. The summed E-state index contributed by atoms with van der Waals surface area (Å²) in [5, 5.41) is 4.12. The third-order valence-corrected chi connectivity index (χ3v) is 4.61. The molecule has 116 valence electrons. The average Bonchev–Trinajstić information content (AvgIpc) is 2.50. The number of thioether (sulfide) groups is 1. The van der Waals surface area contributed by atoms with E-state index >= 15 is 0 Å². The van der Waals surface area contributed by atoms with Crippen molar-refractivity contribution in [1.29, 1.82) is 0 Å². The zero-order valence-corrected chi connectivity index (χ0v) is 14.5. The Bertz CT molecular complexity index is 675. The van der Waals surface area contributed by atoms with Crippen LogP contribution in [0.5, 0.6) is 5.75 Å². The van der Waals surface area contributed by atoms with Gasteiger partial charge in [-0.25, -0.2) is 0 Å². The van der Waals surface area contributed by atoms with Crippen molar-refractivity contribution in [2.24, 2.45) is 0 Å². The van der Waals surface area contributed by atoms with Gasteiger partial charge in [0.05, 0.1) is 18.6 Å². The highest BCUT2D eigenvalue weighted by Gasteiger charge is 2.10. The summed E-state index contributed by atoms with van der Waals surface area (Å²) in [6.45, 7) is 1.87. The Hall–Kier alpha value is -1.36. The second-order valence-corrected chi connectivity index (χ2v) is 6.48. The van der Waals surface area contributed by atoms with E-state index < -0.39 is 0 Å². The summed E-state index contributed by atoms with van der Waals surface area (Å²) >= 11 is 13.3. The molecule has 0 spiro atoms. The highest BCUT2D eigenvalue weighted by Crippen LogP contribution is 2.31. The van der Waals surface area contributed by atoms with Gasteiger partial charge in [0.25, 0.3) is 0 Å². The van der Waals surface area contributed by atoms with E-state index in [9.17, 15) is 4.79 Å². The number of methoxy groups -OCH3 is 1. The molecule has 1 N–H and O–H groups in total. The van der Waals surface area contributed by atoms with Crippen LogP contribution < -0.4 is 10.1 Å². The molecular formula is C16H15Cl2NO2S. The summed E-state index contributed by atoms with van der Waals surface area (Å²) in [5.74, 6) is 0.729. The van der Waals surface area contributed by atoms with E-state index in [4.69, 9.17) is 27.9 Å². The van der Waals surface area contributed by atoms with Crippen LogP contribution in [0.3, 0.4) is 0 Å². The van der Waals surface area contributed by atoms with E-state index in [1.165, 1.54) is 11.8 Å². The molecule has 1 amide bonds. The molecule has 2 aromatic rings. The largest absolute Gasteiger partial charge is 0.495 e. The number of rotatable bonds is 5. The maximum Gasteiger partial charge on any atom is 0.234 e. The minimum atomic E-state index is -0.111. The van der Waals surface area contributed by atoms with Gasteiger partial charge >= 0.3 is 0 Å². The zero-order chi connectivity index (χ0) is 16.1. The molecular weight excluding hydrogens is 341 g/mol. The number of hydrogen-bond donors (Lipinski definition) is 1. The molecule has 0 fully saturated rings. The van der Waals surface area contributed by atoms with E-state index in [1.807, 2.05) is 19.1 Å². The van der Waals surface area contributed by atoms with E-state index in [1.54, 1.807) is 31.4 Å². The smallest absolute Gasteiger partial charge is 0.234 e. The number of anilines is 1. The molecule has 0 heterocycles. The number of nitrogens with one attached hydrogen (secondary N) is 1. The molecule has 0 bridgehead atoms. The highest BCUT2D eigenvalue weighted by atomic mass is 35.5. The van der Waals surface area contributed by atoms with Gasteiger partial charge in [-0.3, -0.25) is 4.79 Å². The van der Waals surface area contributed by atoms with Crippen LogP contribution in [0.1, 0.15) is 5.56 Å². The maximum absolute atomic E-state index is 12.1. The fraction of sp³-hybridized carbons (Fsp3) is 0.188. The number of hydrogen-bond acceptors (Lipinski definition) is 3. The number of benzene rings is 2. The predicted molar refractivity (Wildman–Crippen MR) is 93.5 cm³/mol. The first kappa shape index (κ1) is 17.0. The van der Waals surface area contributed by atoms with E-state index in [0.717, 1.165) is 10.5 Å². The number of carbonyl (C=O) groups excluding carboxylic acids is 1. The van der Waals surface area contributed by atoms with Crippen molar-refractivity contribution in [2.45, 2.75) is 11.8 Å².